The van der Waals surface area contributed by atoms with Crippen molar-refractivity contribution in [3.05, 3.63) is 59.7 Å². The van der Waals surface area contributed by atoms with Crippen LogP contribution in [0.5, 0.6) is 0 Å². The van der Waals surface area contributed by atoms with Crippen molar-refractivity contribution >= 4 is 23.2 Å². The molecule has 0 radical (unpaired) electrons. The van der Waals surface area contributed by atoms with Gasteiger partial charge in [0, 0.05) is 17.9 Å². The zero-order valence-electron chi connectivity index (χ0n) is 15.5. The first-order valence-electron chi connectivity index (χ1n) is 8.68. The SMILES string of the molecule is CCN(CC(=O)NNC(=O)CNc1ccc(C)cc1C)c1ccccc1. The second kappa shape index (κ2) is 9.46. The number of carbonyl (C=O) groups excluding carboxylic acids is 2. The number of nitrogens with one attached hydrogen (secondary N) is 3. The van der Waals surface area contributed by atoms with Gasteiger partial charge >= 0.3 is 0 Å². The highest BCUT2D eigenvalue weighted by Gasteiger charge is 2.10. The van der Waals surface area contributed by atoms with Crippen LogP contribution in [0.4, 0.5) is 11.4 Å². The summed E-state index contributed by atoms with van der Waals surface area (Å²) < 4.78 is 0. The van der Waals surface area contributed by atoms with Crippen molar-refractivity contribution in [2.45, 2.75) is 20.8 Å². The summed E-state index contributed by atoms with van der Waals surface area (Å²) in [5.41, 5.74) is 9.00. The Bertz CT molecular complexity index is 747. The van der Waals surface area contributed by atoms with E-state index in [0.717, 1.165) is 16.9 Å². The van der Waals surface area contributed by atoms with Gasteiger partial charge in [0.15, 0.2) is 0 Å². The van der Waals surface area contributed by atoms with Gasteiger partial charge in [0.25, 0.3) is 11.8 Å². The summed E-state index contributed by atoms with van der Waals surface area (Å²) in [5, 5.41) is 3.07. The average Bonchev–Trinajstić information content (AvgIpc) is 2.64. The molecule has 0 atom stereocenters. The molecule has 0 saturated heterocycles. The number of hydrogen-bond acceptors (Lipinski definition) is 4. The van der Waals surface area contributed by atoms with E-state index in [9.17, 15) is 9.59 Å². The molecule has 3 N–H and O–H groups in total. The lowest BCUT2D eigenvalue weighted by Gasteiger charge is -2.22. The van der Waals surface area contributed by atoms with E-state index in [1.807, 2.05) is 74.2 Å². The molecule has 2 rings (SSSR count). The van der Waals surface area contributed by atoms with E-state index in [0.29, 0.717) is 6.54 Å². The van der Waals surface area contributed by atoms with Crippen molar-refractivity contribution in [1.29, 1.82) is 0 Å². The molecule has 26 heavy (non-hydrogen) atoms. The molecule has 0 saturated carbocycles. The first-order valence-corrected chi connectivity index (χ1v) is 8.68. The lowest BCUT2D eigenvalue weighted by atomic mass is 10.1. The number of amides is 2. The number of para-hydroxylation sites is 1. The van der Waals surface area contributed by atoms with Crippen LogP contribution in [0.25, 0.3) is 0 Å². The third-order valence-electron chi connectivity index (χ3n) is 4.00. The molecule has 0 aliphatic heterocycles. The molecular formula is C20H26N4O2. The van der Waals surface area contributed by atoms with Gasteiger partial charge in [-0.1, -0.05) is 35.9 Å². The number of carbonyl (C=O) groups is 2. The summed E-state index contributed by atoms with van der Waals surface area (Å²) in [4.78, 5) is 25.9. The normalized spacial score (nSPS) is 10.1. The van der Waals surface area contributed by atoms with E-state index in [1.165, 1.54) is 5.56 Å². The molecule has 2 aromatic rings. The minimum Gasteiger partial charge on any atom is -0.376 e. The van der Waals surface area contributed by atoms with Crippen LogP contribution < -0.4 is 21.1 Å². The number of rotatable bonds is 7. The second-order valence-corrected chi connectivity index (χ2v) is 6.12. The molecule has 0 aromatic heterocycles. The Labute approximate surface area is 154 Å². The van der Waals surface area contributed by atoms with Gasteiger partial charge < -0.3 is 10.2 Å². The first kappa shape index (κ1) is 19.3. The van der Waals surface area contributed by atoms with E-state index >= 15 is 0 Å². The van der Waals surface area contributed by atoms with Gasteiger partial charge in [-0.2, -0.15) is 0 Å². The van der Waals surface area contributed by atoms with E-state index in [1.54, 1.807) is 0 Å². The Hall–Kier alpha value is -3.02. The van der Waals surface area contributed by atoms with Gasteiger partial charge in [-0.15, -0.1) is 0 Å². The highest BCUT2D eigenvalue weighted by atomic mass is 16.2. The Morgan fingerprint density at radius 2 is 1.65 bits per heavy atom. The van der Waals surface area contributed by atoms with Crippen molar-refractivity contribution in [3.63, 3.8) is 0 Å². The van der Waals surface area contributed by atoms with Crippen LogP contribution in [-0.4, -0.2) is 31.4 Å². The van der Waals surface area contributed by atoms with Crippen LogP contribution in [-0.2, 0) is 9.59 Å². The predicted molar refractivity (Wildman–Crippen MR) is 105 cm³/mol. The molecule has 0 heterocycles. The molecule has 6 heteroatoms. The molecule has 2 aromatic carbocycles. The highest BCUT2D eigenvalue weighted by Crippen LogP contribution is 2.15. The smallest absolute Gasteiger partial charge is 0.257 e. The van der Waals surface area contributed by atoms with Crippen molar-refractivity contribution in [2.24, 2.45) is 0 Å². The highest BCUT2D eigenvalue weighted by molar-refractivity contribution is 5.86. The standard InChI is InChI=1S/C20H26N4O2/c1-4-24(17-8-6-5-7-9-17)14-20(26)23-22-19(25)13-21-18-11-10-15(2)12-16(18)3/h5-12,21H,4,13-14H2,1-3H3,(H,22,25)(H,23,26). The third-order valence-corrected chi connectivity index (χ3v) is 4.00. The van der Waals surface area contributed by atoms with Crippen molar-refractivity contribution in [3.8, 4) is 0 Å². The van der Waals surface area contributed by atoms with Crippen LogP contribution in [0.1, 0.15) is 18.1 Å². The zero-order chi connectivity index (χ0) is 18.9. The summed E-state index contributed by atoms with van der Waals surface area (Å²) >= 11 is 0. The maximum absolute atomic E-state index is 12.1. The van der Waals surface area contributed by atoms with E-state index in [-0.39, 0.29) is 24.9 Å². The molecule has 0 aliphatic rings. The van der Waals surface area contributed by atoms with Crippen LogP contribution in [0.15, 0.2) is 48.5 Å². The quantitative estimate of drug-likeness (QED) is 0.668. The molecule has 138 valence electrons. The average molecular weight is 354 g/mol. The van der Waals surface area contributed by atoms with Crippen molar-refractivity contribution < 1.29 is 9.59 Å². The molecule has 0 bridgehead atoms. The van der Waals surface area contributed by atoms with E-state index in [4.69, 9.17) is 0 Å². The fourth-order valence-corrected chi connectivity index (χ4v) is 2.61. The van der Waals surface area contributed by atoms with Gasteiger partial charge in [0.2, 0.25) is 0 Å². The molecule has 0 unspecified atom stereocenters. The lowest BCUT2D eigenvalue weighted by Crippen LogP contribution is -2.48. The molecule has 6 nitrogen and oxygen atoms in total. The number of nitrogens with zero attached hydrogens (tertiary/aromatic N) is 1. The predicted octanol–water partition coefficient (Wildman–Crippen LogP) is 2.39. The second-order valence-electron chi connectivity index (χ2n) is 6.12. The van der Waals surface area contributed by atoms with Crippen LogP contribution in [0.2, 0.25) is 0 Å². The summed E-state index contributed by atoms with van der Waals surface area (Å²) in [5.74, 6) is -0.573. The van der Waals surface area contributed by atoms with Gasteiger partial charge in [-0.05, 0) is 44.5 Å². The minimum absolute atomic E-state index is 0.0837. The van der Waals surface area contributed by atoms with Crippen molar-refractivity contribution in [1.82, 2.24) is 10.9 Å². The number of likely N-dealkylation sites (N-methyl/N-ethyl adjacent to an activating group) is 1. The number of anilines is 2. The number of aryl methyl sites for hydroxylation is 2. The molecule has 0 spiro atoms. The van der Waals surface area contributed by atoms with Crippen molar-refractivity contribution in [2.75, 3.05) is 29.9 Å². The topological polar surface area (TPSA) is 73.5 Å². The van der Waals surface area contributed by atoms with Gasteiger partial charge in [0.05, 0.1) is 13.1 Å². The fraction of sp³-hybridized carbons (Fsp3) is 0.300. The summed E-state index contributed by atoms with van der Waals surface area (Å²) in [7, 11) is 0. The maximum atomic E-state index is 12.1. The van der Waals surface area contributed by atoms with Gasteiger partial charge in [-0.25, -0.2) is 0 Å². The van der Waals surface area contributed by atoms with Crippen LogP contribution >= 0.6 is 0 Å². The summed E-state index contributed by atoms with van der Waals surface area (Å²) in [6, 6.07) is 15.7. The molecular weight excluding hydrogens is 328 g/mol. The monoisotopic (exact) mass is 354 g/mol. The minimum atomic E-state index is -0.305. The summed E-state index contributed by atoms with van der Waals surface area (Å²) in [6.45, 7) is 6.93. The molecule has 0 aliphatic carbocycles. The third kappa shape index (κ3) is 5.81. The first-order chi connectivity index (χ1) is 12.5. The Morgan fingerprint density at radius 3 is 2.31 bits per heavy atom. The number of hydrogen-bond donors (Lipinski definition) is 3. The van der Waals surface area contributed by atoms with E-state index < -0.39 is 0 Å². The zero-order valence-corrected chi connectivity index (χ0v) is 15.5. The van der Waals surface area contributed by atoms with Crippen LogP contribution in [0.3, 0.4) is 0 Å². The van der Waals surface area contributed by atoms with Gasteiger partial charge in [0.1, 0.15) is 0 Å². The Balaban J connectivity index is 1.76. The maximum Gasteiger partial charge on any atom is 0.257 e. The lowest BCUT2D eigenvalue weighted by molar-refractivity contribution is -0.127. The Kier molecular flexibility index (Phi) is 7.02. The molecule has 0 fully saturated rings. The van der Waals surface area contributed by atoms with Gasteiger partial charge in [-0.3, -0.25) is 20.4 Å². The Morgan fingerprint density at radius 1 is 0.962 bits per heavy atom. The fourth-order valence-electron chi connectivity index (χ4n) is 2.61. The number of hydrazine groups is 1. The van der Waals surface area contributed by atoms with E-state index in [2.05, 4.69) is 16.2 Å². The number of benzene rings is 2. The van der Waals surface area contributed by atoms with Crippen LogP contribution in [0, 0.1) is 13.8 Å². The summed E-state index contributed by atoms with van der Waals surface area (Å²) in [6.07, 6.45) is 0. The largest absolute Gasteiger partial charge is 0.376 e. The molecule has 2 amide bonds.